The number of aliphatic hydroxyl groups is 2. The summed E-state index contributed by atoms with van der Waals surface area (Å²) < 4.78 is 30.8. The molecular weight excluding hydrogens is 492 g/mol. The first kappa shape index (κ1) is 26.2. The van der Waals surface area contributed by atoms with Crippen molar-refractivity contribution in [1.29, 1.82) is 0 Å². The number of carbonyl (C=O) groups excluding carboxylic acids is 2. The number of hydrogen-bond acceptors (Lipinski definition) is 9. The highest BCUT2D eigenvalue weighted by Gasteiger charge is 2.83. The SMILES string of the molecule is CC1=C[C@H]2O[C@@H]3C[C@H]4OC(=O)/C=C\CC[C@]5([C@H](C)O)OCC/C(=C\C(=O)OC[C@@]2(CC1)[C@]4(C)[C@]31CO1)C5O. The standard InChI is InChI=1S/C29H38O9/c1-17-7-10-27-15-34-24(32)13-19-8-11-35-28(18(2)30,25(19)33)9-5-4-6-23(31)38-20-14-22(37-21(27)12-17)29(16-36-29)26(20,27)3/h4,6,12-13,18,20-22,25,30,33H,5,7-11,14-16H2,1-3H3/b6-4-,19-13+/t18-,20+,21+,22+,25?,26+,27+,28+,29-/m0/s1. The fraction of sp³-hybridized carbons (Fsp3) is 0.724. The van der Waals surface area contributed by atoms with E-state index in [1.54, 1.807) is 13.0 Å². The van der Waals surface area contributed by atoms with E-state index in [-0.39, 0.29) is 31.8 Å². The monoisotopic (exact) mass is 530 g/mol. The summed E-state index contributed by atoms with van der Waals surface area (Å²) in [6.07, 6.45) is 6.38. The minimum absolute atomic E-state index is 0.0659. The van der Waals surface area contributed by atoms with E-state index in [9.17, 15) is 19.8 Å². The van der Waals surface area contributed by atoms with E-state index in [1.165, 1.54) is 17.7 Å². The quantitative estimate of drug-likeness (QED) is 0.299. The van der Waals surface area contributed by atoms with Gasteiger partial charge in [-0.05, 0) is 51.5 Å². The third kappa shape index (κ3) is 3.55. The largest absolute Gasteiger partial charge is 0.462 e. The lowest BCUT2D eigenvalue weighted by Gasteiger charge is -2.58. The van der Waals surface area contributed by atoms with Gasteiger partial charge in [-0.15, -0.1) is 0 Å². The van der Waals surface area contributed by atoms with Gasteiger partial charge in [-0.25, -0.2) is 9.59 Å². The third-order valence-electron chi connectivity index (χ3n) is 10.5. The molecule has 4 bridgehead atoms. The van der Waals surface area contributed by atoms with Crippen molar-refractivity contribution in [3.8, 4) is 0 Å². The fourth-order valence-corrected chi connectivity index (χ4v) is 8.00. The minimum Gasteiger partial charge on any atom is -0.462 e. The molecule has 6 aliphatic rings. The molecule has 208 valence electrons. The Kier molecular flexibility index (Phi) is 6.20. The first-order valence-corrected chi connectivity index (χ1v) is 13.8. The molecule has 2 aliphatic carbocycles. The van der Waals surface area contributed by atoms with Gasteiger partial charge in [0.15, 0.2) is 0 Å². The molecule has 0 amide bonds. The first-order valence-electron chi connectivity index (χ1n) is 13.8. The summed E-state index contributed by atoms with van der Waals surface area (Å²) in [6, 6.07) is 0. The molecule has 9 nitrogen and oxygen atoms in total. The Hall–Kier alpha value is -2.04. The molecule has 0 radical (unpaired) electrons. The van der Waals surface area contributed by atoms with Crippen LogP contribution in [0.2, 0.25) is 0 Å². The second-order valence-corrected chi connectivity index (χ2v) is 12.2. The van der Waals surface area contributed by atoms with Gasteiger partial charge in [0.2, 0.25) is 0 Å². The van der Waals surface area contributed by atoms with Gasteiger partial charge in [0.05, 0.1) is 36.9 Å². The van der Waals surface area contributed by atoms with Gasteiger partial charge in [-0.1, -0.05) is 24.6 Å². The van der Waals surface area contributed by atoms with Crippen molar-refractivity contribution in [3.63, 3.8) is 0 Å². The minimum atomic E-state index is -1.29. The number of hydrogen-bond donors (Lipinski definition) is 2. The van der Waals surface area contributed by atoms with Gasteiger partial charge in [-0.2, -0.15) is 0 Å². The van der Waals surface area contributed by atoms with Crippen LogP contribution in [0.25, 0.3) is 0 Å². The summed E-state index contributed by atoms with van der Waals surface area (Å²) in [4.78, 5) is 26.3. The van der Waals surface area contributed by atoms with E-state index in [1.807, 2.05) is 0 Å². The van der Waals surface area contributed by atoms with Crippen LogP contribution in [0.1, 0.15) is 59.3 Å². The zero-order valence-corrected chi connectivity index (χ0v) is 22.3. The molecule has 38 heavy (non-hydrogen) atoms. The van der Waals surface area contributed by atoms with Crippen molar-refractivity contribution < 1.29 is 43.5 Å². The van der Waals surface area contributed by atoms with Crippen molar-refractivity contribution in [1.82, 2.24) is 0 Å². The van der Waals surface area contributed by atoms with Gasteiger partial charge >= 0.3 is 11.9 Å². The zero-order valence-electron chi connectivity index (χ0n) is 22.3. The number of allylic oxidation sites excluding steroid dienone is 2. The van der Waals surface area contributed by atoms with E-state index >= 15 is 0 Å². The van der Waals surface area contributed by atoms with Crippen LogP contribution < -0.4 is 0 Å². The summed E-state index contributed by atoms with van der Waals surface area (Å²) in [5, 5.41) is 21.8. The van der Waals surface area contributed by atoms with E-state index in [0.717, 1.165) is 6.42 Å². The number of rotatable bonds is 1. The highest BCUT2D eigenvalue weighted by molar-refractivity contribution is 5.83. The number of esters is 2. The fourth-order valence-electron chi connectivity index (χ4n) is 8.00. The predicted molar refractivity (Wildman–Crippen MR) is 134 cm³/mol. The van der Waals surface area contributed by atoms with E-state index < -0.39 is 52.3 Å². The molecule has 0 aromatic carbocycles. The summed E-state index contributed by atoms with van der Waals surface area (Å²) in [5.41, 5.74) is -1.48. The molecule has 2 N–H and O–H groups in total. The Morgan fingerprint density at radius 3 is 2.61 bits per heavy atom. The molecule has 0 aromatic rings. The molecule has 3 saturated heterocycles. The molecular formula is C29H38O9. The Morgan fingerprint density at radius 2 is 1.87 bits per heavy atom. The van der Waals surface area contributed by atoms with Crippen LogP contribution in [-0.2, 0) is 33.3 Å². The van der Waals surface area contributed by atoms with Gasteiger partial charge in [0.1, 0.15) is 30.0 Å². The Balaban J connectivity index is 1.41. The second-order valence-electron chi connectivity index (χ2n) is 12.2. The number of aliphatic hydroxyl groups excluding tert-OH is 2. The maximum atomic E-state index is 13.2. The average molecular weight is 531 g/mol. The normalized spacial score (nSPS) is 49.6. The number of cyclic esters (lactones) is 1. The van der Waals surface area contributed by atoms with Gasteiger partial charge in [0.25, 0.3) is 0 Å². The van der Waals surface area contributed by atoms with Gasteiger partial charge in [-0.3, -0.25) is 0 Å². The van der Waals surface area contributed by atoms with Crippen molar-refractivity contribution in [2.45, 2.75) is 101 Å². The van der Waals surface area contributed by atoms with E-state index in [2.05, 4.69) is 19.9 Å². The molecule has 1 unspecified atom stereocenters. The lowest BCUT2D eigenvalue weighted by Crippen LogP contribution is -2.66. The summed E-state index contributed by atoms with van der Waals surface area (Å²) in [6.45, 7) is 6.58. The molecule has 4 heterocycles. The van der Waals surface area contributed by atoms with Crippen molar-refractivity contribution >= 4 is 11.9 Å². The van der Waals surface area contributed by atoms with Crippen molar-refractivity contribution in [3.05, 3.63) is 35.5 Å². The van der Waals surface area contributed by atoms with Crippen molar-refractivity contribution in [2.75, 3.05) is 19.8 Å². The summed E-state index contributed by atoms with van der Waals surface area (Å²) in [5.74, 6) is -1.02. The predicted octanol–water partition coefficient (Wildman–Crippen LogP) is 2.29. The summed E-state index contributed by atoms with van der Waals surface area (Å²) in [7, 11) is 0. The lowest BCUT2D eigenvalue weighted by atomic mass is 9.51. The lowest BCUT2D eigenvalue weighted by molar-refractivity contribution is -0.232. The molecule has 0 aromatic heterocycles. The molecule has 4 fully saturated rings. The van der Waals surface area contributed by atoms with Gasteiger partial charge < -0.3 is 33.9 Å². The third-order valence-corrected chi connectivity index (χ3v) is 10.5. The first-order chi connectivity index (χ1) is 18.1. The molecule has 4 aliphatic heterocycles. The maximum absolute atomic E-state index is 13.2. The van der Waals surface area contributed by atoms with Crippen molar-refractivity contribution in [2.24, 2.45) is 10.8 Å². The highest BCUT2D eigenvalue weighted by Crippen LogP contribution is 2.72. The average Bonchev–Trinajstić information content (AvgIpc) is 3.65. The number of ether oxygens (including phenoxy) is 5. The van der Waals surface area contributed by atoms with Crippen LogP contribution >= 0.6 is 0 Å². The van der Waals surface area contributed by atoms with E-state index in [4.69, 9.17) is 23.7 Å². The Bertz CT molecular complexity index is 1100. The molecule has 2 spiro atoms. The highest BCUT2D eigenvalue weighted by atomic mass is 16.6. The summed E-state index contributed by atoms with van der Waals surface area (Å²) >= 11 is 0. The van der Waals surface area contributed by atoms with Crippen LogP contribution in [-0.4, -0.2) is 83.7 Å². The van der Waals surface area contributed by atoms with Crippen LogP contribution in [0.4, 0.5) is 0 Å². The topological polar surface area (TPSA) is 124 Å². The Morgan fingerprint density at radius 1 is 1.08 bits per heavy atom. The number of fused-ring (bicyclic) bond motifs is 2. The zero-order chi connectivity index (χ0) is 26.9. The van der Waals surface area contributed by atoms with Crippen LogP contribution in [0.3, 0.4) is 0 Å². The number of carbonyl (C=O) groups is 2. The molecule has 9 heteroatoms. The van der Waals surface area contributed by atoms with Crippen LogP contribution in [0, 0.1) is 10.8 Å². The van der Waals surface area contributed by atoms with E-state index in [0.29, 0.717) is 37.9 Å². The molecule has 9 atom stereocenters. The smallest absolute Gasteiger partial charge is 0.330 e. The number of epoxide rings is 1. The second kappa shape index (κ2) is 8.99. The van der Waals surface area contributed by atoms with Crippen LogP contribution in [0.5, 0.6) is 0 Å². The maximum Gasteiger partial charge on any atom is 0.330 e. The van der Waals surface area contributed by atoms with Gasteiger partial charge in [0, 0.05) is 24.0 Å². The Labute approximate surface area is 222 Å². The van der Waals surface area contributed by atoms with Crippen LogP contribution in [0.15, 0.2) is 35.5 Å². The molecule has 1 saturated carbocycles. The molecule has 6 rings (SSSR count).